The number of ether oxygens (including phenoxy) is 1. The summed E-state index contributed by atoms with van der Waals surface area (Å²) in [6.07, 6.45) is 3.34. The molecule has 5 nitrogen and oxygen atoms in total. The van der Waals surface area contributed by atoms with E-state index in [2.05, 4.69) is 10.6 Å². The van der Waals surface area contributed by atoms with Gasteiger partial charge in [-0.1, -0.05) is 17.7 Å². The average molecular weight is 302 g/mol. The third-order valence-corrected chi connectivity index (χ3v) is 4.44. The Morgan fingerprint density at radius 3 is 2.55 bits per heavy atom. The number of hydrogen-bond donors (Lipinski definition) is 2. The zero-order chi connectivity index (χ0) is 15.6. The zero-order valence-electron chi connectivity index (χ0n) is 12.9. The molecule has 22 heavy (non-hydrogen) atoms. The van der Waals surface area contributed by atoms with Gasteiger partial charge in [0.1, 0.15) is 5.41 Å². The number of carbonyl (C=O) groups is 2. The molecule has 1 aliphatic heterocycles. The maximum absolute atomic E-state index is 12.4. The van der Waals surface area contributed by atoms with E-state index in [0.29, 0.717) is 19.4 Å². The van der Waals surface area contributed by atoms with Crippen LogP contribution in [0.15, 0.2) is 24.3 Å². The molecule has 1 aromatic carbocycles. The molecule has 5 heteroatoms. The van der Waals surface area contributed by atoms with Gasteiger partial charge in [-0.2, -0.15) is 0 Å². The van der Waals surface area contributed by atoms with Gasteiger partial charge < -0.3 is 15.4 Å². The van der Waals surface area contributed by atoms with Gasteiger partial charge in [0.15, 0.2) is 0 Å². The van der Waals surface area contributed by atoms with Gasteiger partial charge in [-0.25, -0.2) is 0 Å². The molecular weight excluding hydrogens is 280 g/mol. The van der Waals surface area contributed by atoms with Crippen molar-refractivity contribution < 1.29 is 14.3 Å². The summed E-state index contributed by atoms with van der Waals surface area (Å²) in [6, 6.07) is 7.58. The van der Waals surface area contributed by atoms with Crippen LogP contribution in [0.2, 0.25) is 0 Å². The van der Waals surface area contributed by atoms with E-state index in [0.717, 1.165) is 30.7 Å². The molecule has 1 atom stereocenters. The van der Waals surface area contributed by atoms with Gasteiger partial charge in [0.25, 0.3) is 0 Å². The number of benzene rings is 1. The molecule has 1 heterocycles. The topological polar surface area (TPSA) is 67.4 Å². The monoisotopic (exact) mass is 302 g/mol. The fraction of sp³-hybridized carbons (Fsp3) is 0.529. The van der Waals surface area contributed by atoms with E-state index in [4.69, 9.17) is 4.74 Å². The lowest BCUT2D eigenvalue weighted by molar-refractivity contribution is -0.134. The summed E-state index contributed by atoms with van der Waals surface area (Å²) in [5.74, 6) is -0.381. The van der Waals surface area contributed by atoms with Gasteiger partial charge in [-0.3, -0.25) is 9.59 Å². The highest BCUT2D eigenvalue weighted by Gasteiger charge is 2.56. The third-order valence-electron chi connectivity index (χ3n) is 4.44. The second-order valence-electron chi connectivity index (χ2n) is 6.25. The van der Waals surface area contributed by atoms with E-state index in [1.807, 2.05) is 31.2 Å². The summed E-state index contributed by atoms with van der Waals surface area (Å²) in [5.41, 5.74) is 0.978. The predicted molar refractivity (Wildman–Crippen MR) is 83.5 cm³/mol. The molecule has 2 aliphatic rings. The van der Waals surface area contributed by atoms with E-state index < -0.39 is 5.41 Å². The minimum atomic E-state index is -0.885. The Morgan fingerprint density at radius 1 is 1.23 bits per heavy atom. The van der Waals surface area contributed by atoms with Crippen LogP contribution in [0.3, 0.4) is 0 Å². The Kier molecular flexibility index (Phi) is 4.16. The number of carbonyl (C=O) groups excluding carboxylic acids is 2. The normalized spacial score (nSPS) is 22.1. The van der Waals surface area contributed by atoms with Crippen molar-refractivity contribution in [2.75, 3.05) is 18.5 Å². The van der Waals surface area contributed by atoms with Crippen molar-refractivity contribution in [3.8, 4) is 0 Å². The van der Waals surface area contributed by atoms with Crippen molar-refractivity contribution in [3.63, 3.8) is 0 Å². The molecule has 2 amide bonds. The first kappa shape index (κ1) is 15.0. The lowest BCUT2D eigenvalue weighted by Gasteiger charge is -2.17. The van der Waals surface area contributed by atoms with Crippen molar-refractivity contribution in [1.82, 2.24) is 5.32 Å². The molecule has 1 saturated carbocycles. The largest absolute Gasteiger partial charge is 0.376 e. The number of nitrogens with one attached hydrogen (secondary N) is 2. The fourth-order valence-corrected chi connectivity index (χ4v) is 2.75. The van der Waals surface area contributed by atoms with Crippen LogP contribution < -0.4 is 10.6 Å². The fourth-order valence-electron chi connectivity index (χ4n) is 2.75. The first-order valence-corrected chi connectivity index (χ1v) is 7.88. The predicted octanol–water partition coefficient (Wildman–Crippen LogP) is 2.01. The molecular formula is C17H22N2O3. The zero-order valence-corrected chi connectivity index (χ0v) is 12.9. The Bertz CT molecular complexity index is 558. The smallest absolute Gasteiger partial charge is 0.240 e. The molecule has 1 aliphatic carbocycles. The van der Waals surface area contributed by atoms with E-state index >= 15 is 0 Å². The maximum atomic E-state index is 12.4. The highest BCUT2D eigenvalue weighted by Crippen LogP contribution is 2.46. The summed E-state index contributed by atoms with van der Waals surface area (Å²) in [6.45, 7) is 3.25. The van der Waals surface area contributed by atoms with Crippen LogP contribution >= 0.6 is 0 Å². The highest BCUT2D eigenvalue weighted by atomic mass is 16.5. The van der Waals surface area contributed by atoms with Crippen molar-refractivity contribution in [3.05, 3.63) is 29.8 Å². The standard InChI is InChI=1S/C17H22N2O3/c1-12-4-6-13(7-5-12)19-16(21)17(8-9-17)15(20)18-11-14-3-2-10-22-14/h4-7,14H,2-3,8-11H2,1H3,(H,18,20)(H,19,21). The van der Waals surface area contributed by atoms with E-state index in [1.54, 1.807) is 0 Å². The van der Waals surface area contributed by atoms with Crippen molar-refractivity contribution in [2.24, 2.45) is 5.41 Å². The van der Waals surface area contributed by atoms with Crippen molar-refractivity contribution in [2.45, 2.75) is 38.7 Å². The molecule has 0 radical (unpaired) electrons. The van der Waals surface area contributed by atoms with Crippen LogP contribution in [0.4, 0.5) is 5.69 Å². The average Bonchev–Trinajstić information content (AvgIpc) is 3.17. The highest BCUT2D eigenvalue weighted by molar-refractivity contribution is 6.13. The quantitative estimate of drug-likeness (QED) is 0.818. The van der Waals surface area contributed by atoms with Gasteiger partial charge >= 0.3 is 0 Å². The Balaban J connectivity index is 1.56. The van der Waals surface area contributed by atoms with E-state index in [9.17, 15) is 9.59 Å². The minimum absolute atomic E-state index is 0.0971. The molecule has 118 valence electrons. The molecule has 3 rings (SSSR count). The number of anilines is 1. The first-order valence-electron chi connectivity index (χ1n) is 7.88. The molecule has 1 unspecified atom stereocenters. The van der Waals surface area contributed by atoms with Gasteiger partial charge in [0, 0.05) is 18.8 Å². The van der Waals surface area contributed by atoms with Crippen LogP contribution in [0.25, 0.3) is 0 Å². The number of rotatable bonds is 5. The third kappa shape index (κ3) is 3.14. The summed E-state index contributed by atoms with van der Waals surface area (Å²) < 4.78 is 5.49. The Hall–Kier alpha value is -1.88. The Labute approximate surface area is 130 Å². The molecule has 2 fully saturated rings. The lowest BCUT2D eigenvalue weighted by atomic mass is 10.0. The molecule has 0 spiro atoms. The minimum Gasteiger partial charge on any atom is -0.376 e. The number of aryl methyl sites for hydroxylation is 1. The maximum Gasteiger partial charge on any atom is 0.240 e. The van der Waals surface area contributed by atoms with Crippen LogP contribution in [0.1, 0.15) is 31.2 Å². The number of amides is 2. The SMILES string of the molecule is Cc1ccc(NC(=O)C2(C(=O)NCC3CCCO3)CC2)cc1. The van der Waals surface area contributed by atoms with Gasteiger partial charge in [-0.05, 0) is 44.7 Å². The van der Waals surface area contributed by atoms with Crippen LogP contribution in [0, 0.1) is 12.3 Å². The first-order chi connectivity index (χ1) is 10.6. The molecule has 1 saturated heterocycles. The summed E-state index contributed by atoms with van der Waals surface area (Å²) >= 11 is 0. The van der Waals surface area contributed by atoms with Crippen molar-refractivity contribution >= 4 is 17.5 Å². The van der Waals surface area contributed by atoms with Gasteiger partial charge in [0.2, 0.25) is 11.8 Å². The summed E-state index contributed by atoms with van der Waals surface area (Å²) in [5, 5.41) is 5.73. The molecule has 1 aromatic rings. The van der Waals surface area contributed by atoms with E-state index in [-0.39, 0.29) is 17.9 Å². The van der Waals surface area contributed by atoms with Crippen LogP contribution in [-0.2, 0) is 14.3 Å². The molecule has 0 aromatic heterocycles. The van der Waals surface area contributed by atoms with Crippen LogP contribution in [0.5, 0.6) is 0 Å². The Morgan fingerprint density at radius 2 is 1.95 bits per heavy atom. The molecule has 2 N–H and O–H groups in total. The van der Waals surface area contributed by atoms with Gasteiger partial charge in [-0.15, -0.1) is 0 Å². The van der Waals surface area contributed by atoms with Gasteiger partial charge in [0.05, 0.1) is 6.10 Å². The summed E-state index contributed by atoms with van der Waals surface area (Å²) in [4.78, 5) is 24.8. The summed E-state index contributed by atoms with van der Waals surface area (Å²) in [7, 11) is 0. The number of hydrogen-bond acceptors (Lipinski definition) is 3. The second-order valence-corrected chi connectivity index (χ2v) is 6.25. The van der Waals surface area contributed by atoms with Crippen LogP contribution in [-0.4, -0.2) is 31.1 Å². The van der Waals surface area contributed by atoms with Crippen molar-refractivity contribution in [1.29, 1.82) is 0 Å². The lowest BCUT2D eigenvalue weighted by Crippen LogP contribution is -2.42. The second kappa shape index (κ2) is 6.08. The molecule has 0 bridgehead atoms. The van der Waals surface area contributed by atoms with E-state index in [1.165, 1.54) is 0 Å².